The Balaban J connectivity index is 0.726. The van der Waals surface area contributed by atoms with Crippen LogP contribution in [-0.2, 0) is 9.59 Å². The molecule has 2 saturated carbocycles. The van der Waals surface area contributed by atoms with Gasteiger partial charge in [0.2, 0.25) is 17.7 Å². The Labute approximate surface area is 344 Å². The lowest BCUT2D eigenvalue weighted by Crippen LogP contribution is -2.56. The molecule has 3 N–H and O–H groups in total. The van der Waals surface area contributed by atoms with Crippen molar-refractivity contribution in [3.8, 4) is 11.5 Å². The molecule has 1 aromatic carbocycles. The SMILES string of the molecule is O=C1CC[C@H](c2c(F)cc(N3CC(CN4CCN(C5CCC(n6cc(NC(=O)c7coc(-c8ccnc(NCC9CC9)c8)n7)c(C(F)F)n6)CC5)CC4)C3)cc2F)C(=O)N1. The standard InChI is InChI=1S/C42H48F4N10O4/c43-31-16-29(17-32(44)37(31)30-7-8-36(57)51-40(30)58)55-20-25(21-55)19-53-11-13-54(14-12-53)27-3-5-28(6-4-27)56-22-33(38(52-56)39(45)46)49-41(59)34-23-60-42(50-34)26-9-10-47-35(15-26)48-18-24-1-2-24/h9-10,15-17,22-25,27-28,30,39H,1-8,11-14,18-21H2,(H,47,48)(H,49,59)(H,51,57,58)/t27?,28?,30-/m1/s1. The van der Waals surface area contributed by atoms with E-state index >= 15 is 8.78 Å². The van der Waals surface area contributed by atoms with Crippen molar-refractivity contribution in [2.24, 2.45) is 11.8 Å². The molecule has 3 aromatic heterocycles. The number of carbonyl (C=O) groups excluding carboxylic acids is 3. The van der Waals surface area contributed by atoms with Gasteiger partial charge in [0.25, 0.3) is 12.3 Å². The molecule has 5 fully saturated rings. The normalized spacial score (nSPS) is 23.1. The molecule has 9 rings (SSSR count). The van der Waals surface area contributed by atoms with Crippen LogP contribution in [0.25, 0.3) is 11.5 Å². The Morgan fingerprint density at radius 2 is 1.67 bits per heavy atom. The second kappa shape index (κ2) is 17.0. The first-order chi connectivity index (χ1) is 29.0. The highest BCUT2D eigenvalue weighted by molar-refractivity contribution is 6.03. The average molecular weight is 833 g/mol. The van der Waals surface area contributed by atoms with E-state index in [0.717, 1.165) is 65.0 Å². The third-order valence-corrected chi connectivity index (χ3v) is 12.7. The maximum atomic E-state index is 15.1. The number of carbonyl (C=O) groups is 3. The topological polar surface area (TPSA) is 154 Å². The van der Waals surface area contributed by atoms with E-state index in [2.05, 4.69) is 40.8 Å². The van der Waals surface area contributed by atoms with Gasteiger partial charge < -0.3 is 24.9 Å². The predicted octanol–water partition coefficient (Wildman–Crippen LogP) is 5.98. The number of rotatable bonds is 13. The lowest BCUT2D eigenvalue weighted by Gasteiger charge is -2.46. The molecule has 60 heavy (non-hydrogen) atoms. The minimum Gasteiger partial charge on any atom is -0.444 e. The van der Waals surface area contributed by atoms with Gasteiger partial charge in [-0.3, -0.25) is 29.3 Å². The number of piperidine rings is 1. The third kappa shape index (κ3) is 8.75. The number of amides is 3. The summed E-state index contributed by atoms with van der Waals surface area (Å²) >= 11 is 0. The lowest BCUT2D eigenvalue weighted by atomic mass is 9.89. The Kier molecular flexibility index (Phi) is 11.3. The van der Waals surface area contributed by atoms with Crippen molar-refractivity contribution in [2.45, 2.75) is 75.8 Å². The van der Waals surface area contributed by atoms with Crippen molar-refractivity contribution >= 4 is 34.9 Å². The molecule has 0 bridgehead atoms. The summed E-state index contributed by atoms with van der Waals surface area (Å²) in [5.41, 5.74) is 0.230. The monoisotopic (exact) mass is 832 g/mol. The first-order valence-corrected chi connectivity index (χ1v) is 20.9. The first kappa shape index (κ1) is 40.1. The molecule has 2 aliphatic carbocycles. The number of nitrogens with zero attached hydrogens (tertiary/aromatic N) is 7. The quantitative estimate of drug-likeness (QED) is 0.108. The number of hydrogen-bond donors (Lipinski definition) is 3. The van der Waals surface area contributed by atoms with E-state index in [1.54, 1.807) is 23.0 Å². The minimum absolute atomic E-state index is 0.0402. The number of oxazole rings is 1. The molecule has 14 nitrogen and oxygen atoms in total. The second-order valence-electron chi connectivity index (χ2n) is 16.9. The van der Waals surface area contributed by atoms with Crippen LogP contribution in [0.4, 0.5) is 34.8 Å². The summed E-state index contributed by atoms with van der Waals surface area (Å²) in [6.07, 6.45) is 7.34. The summed E-state index contributed by atoms with van der Waals surface area (Å²) < 4.78 is 65.6. The molecule has 0 spiro atoms. The van der Waals surface area contributed by atoms with E-state index < -0.39 is 47.4 Å². The van der Waals surface area contributed by atoms with E-state index in [0.29, 0.717) is 48.0 Å². The molecule has 18 heteroatoms. The molecule has 0 radical (unpaired) electrons. The molecule has 5 aliphatic rings. The van der Waals surface area contributed by atoms with Gasteiger partial charge in [-0.1, -0.05) is 0 Å². The number of alkyl halides is 2. The highest BCUT2D eigenvalue weighted by Crippen LogP contribution is 2.37. The van der Waals surface area contributed by atoms with Gasteiger partial charge in [0, 0.05) is 99.9 Å². The van der Waals surface area contributed by atoms with Gasteiger partial charge in [0.1, 0.15) is 23.7 Å². The fraction of sp³-hybridized carbons (Fsp3) is 0.524. The molecular weight excluding hydrogens is 785 g/mol. The fourth-order valence-electron chi connectivity index (χ4n) is 9.09. The number of nitrogens with one attached hydrogen (secondary N) is 3. The van der Waals surface area contributed by atoms with E-state index in [4.69, 9.17) is 4.42 Å². The molecule has 3 aliphatic heterocycles. The Morgan fingerprint density at radius 3 is 2.37 bits per heavy atom. The van der Waals surface area contributed by atoms with Crippen molar-refractivity contribution in [1.29, 1.82) is 0 Å². The summed E-state index contributed by atoms with van der Waals surface area (Å²) in [6.45, 7) is 6.75. The van der Waals surface area contributed by atoms with Gasteiger partial charge in [-0.05, 0) is 75.1 Å². The number of aromatic nitrogens is 4. The molecule has 3 saturated heterocycles. The largest absolute Gasteiger partial charge is 0.444 e. The summed E-state index contributed by atoms with van der Waals surface area (Å²) in [5, 5.41) is 12.3. The Bertz CT molecular complexity index is 2200. The number of anilines is 3. The predicted molar refractivity (Wildman–Crippen MR) is 213 cm³/mol. The van der Waals surface area contributed by atoms with Crippen LogP contribution in [0.1, 0.15) is 91.5 Å². The number of piperazine rings is 1. The van der Waals surface area contributed by atoms with Gasteiger partial charge in [0.15, 0.2) is 11.4 Å². The smallest absolute Gasteiger partial charge is 0.284 e. The number of hydrogen-bond acceptors (Lipinski definition) is 11. The minimum atomic E-state index is -2.88. The number of halogens is 4. The van der Waals surface area contributed by atoms with Crippen molar-refractivity contribution in [2.75, 3.05) is 67.9 Å². The average Bonchev–Trinajstić information content (AvgIpc) is 3.74. The van der Waals surface area contributed by atoms with E-state index in [1.165, 1.54) is 37.4 Å². The molecule has 4 aromatic rings. The van der Waals surface area contributed by atoms with Crippen LogP contribution in [0, 0.1) is 23.5 Å². The molecular formula is C42H48F4N10O4. The van der Waals surface area contributed by atoms with E-state index in [-0.39, 0.29) is 41.7 Å². The van der Waals surface area contributed by atoms with E-state index in [1.807, 2.05) is 4.90 Å². The second-order valence-corrected chi connectivity index (χ2v) is 16.9. The van der Waals surface area contributed by atoms with Crippen LogP contribution in [0.15, 0.2) is 47.3 Å². The number of benzene rings is 1. The Hall–Kier alpha value is -5.36. The zero-order chi connectivity index (χ0) is 41.5. The third-order valence-electron chi connectivity index (χ3n) is 12.7. The van der Waals surface area contributed by atoms with Crippen LogP contribution in [0.2, 0.25) is 0 Å². The molecule has 1 atom stereocenters. The summed E-state index contributed by atoms with van der Waals surface area (Å²) in [7, 11) is 0. The molecule has 3 amide bonds. The number of imide groups is 1. The summed E-state index contributed by atoms with van der Waals surface area (Å²) in [5.74, 6) is -2.40. The van der Waals surface area contributed by atoms with Gasteiger partial charge in [-0.15, -0.1) is 0 Å². The van der Waals surface area contributed by atoms with Gasteiger partial charge in [0.05, 0.1) is 17.6 Å². The zero-order valence-corrected chi connectivity index (χ0v) is 33.1. The van der Waals surface area contributed by atoms with Crippen LogP contribution < -0.4 is 20.9 Å². The molecule has 6 heterocycles. The van der Waals surface area contributed by atoms with Crippen molar-refractivity contribution < 1.29 is 36.4 Å². The lowest BCUT2D eigenvalue weighted by molar-refractivity contribution is -0.134. The number of pyridine rings is 1. The van der Waals surface area contributed by atoms with Crippen LogP contribution >= 0.6 is 0 Å². The zero-order valence-electron chi connectivity index (χ0n) is 33.1. The Morgan fingerprint density at radius 1 is 0.933 bits per heavy atom. The van der Waals surface area contributed by atoms with Crippen molar-refractivity contribution in [3.05, 3.63) is 71.5 Å². The van der Waals surface area contributed by atoms with Crippen molar-refractivity contribution in [3.63, 3.8) is 0 Å². The van der Waals surface area contributed by atoms with Crippen LogP contribution in [0.5, 0.6) is 0 Å². The molecule has 318 valence electrons. The van der Waals surface area contributed by atoms with Crippen molar-refractivity contribution in [1.82, 2.24) is 34.9 Å². The van der Waals surface area contributed by atoms with Crippen LogP contribution in [0.3, 0.4) is 0 Å². The highest BCUT2D eigenvalue weighted by atomic mass is 19.3. The fourth-order valence-corrected chi connectivity index (χ4v) is 9.09. The summed E-state index contributed by atoms with van der Waals surface area (Å²) in [6, 6.07) is 6.40. The maximum Gasteiger partial charge on any atom is 0.284 e. The summed E-state index contributed by atoms with van der Waals surface area (Å²) in [4.78, 5) is 52.4. The van der Waals surface area contributed by atoms with Gasteiger partial charge in [-0.25, -0.2) is 27.5 Å². The highest BCUT2D eigenvalue weighted by Gasteiger charge is 2.36. The maximum absolute atomic E-state index is 15.1. The first-order valence-electron chi connectivity index (χ1n) is 20.9. The van der Waals surface area contributed by atoms with Gasteiger partial charge >= 0.3 is 0 Å². The molecule has 0 unspecified atom stereocenters. The van der Waals surface area contributed by atoms with Gasteiger partial charge in [-0.2, -0.15) is 5.10 Å². The van der Waals surface area contributed by atoms with E-state index in [9.17, 15) is 23.2 Å². The van der Waals surface area contributed by atoms with Crippen LogP contribution in [-0.4, -0.2) is 106 Å².